The summed E-state index contributed by atoms with van der Waals surface area (Å²) >= 11 is 0. The van der Waals surface area contributed by atoms with Crippen LogP contribution >= 0.6 is 0 Å². The van der Waals surface area contributed by atoms with Gasteiger partial charge in [0.25, 0.3) is 10.1 Å². The van der Waals surface area contributed by atoms with Crippen molar-refractivity contribution in [2.75, 3.05) is 7.11 Å². The molecule has 1 aromatic rings. The van der Waals surface area contributed by atoms with Gasteiger partial charge in [-0.3, -0.25) is 0 Å². The van der Waals surface area contributed by atoms with Crippen LogP contribution in [0.3, 0.4) is 0 Å². The van der Waals surface area contributed by atoms with E-state index in [1.807, 2.05) is 0 Å². The van der Waals surface area contributed by atoms with Crippen molar-refractivity contribution >= 4 is 10.1 Å². The SMILES string of the molecule is COc1ccc(CS([O])(=O)=O)cc1. The van der Waals surface area contributed by atoms with Crippen LogP contribution in [-0.2, 0) is 20.4 Å². The summed E-state index contributed by atoms with van der Waals surface area (Å²) in [4.78, 5) is 0. The fraction of sp³-hybridized carbons (Fsp3) is 0.250. The number of rotatable bonds is 3. The van der Waals surface area contributed by atoms with Gasteiger partial charge in [0.15, 0.2) is 0 Å². The van der Waals surface area contributed by atoms with Gasteiger partial charge in [-0.05, 0) is 17.7 Å². The zero-order chi connectivity index (χ0) is 9.90. The first kappa shape index (κ1) is 10.0. The Bertz CT molecular complexity index is 366. The average Bonchev–Trinajstić information content (AvgIpc) is 2.03. The van der Waals surface area contributed by atoms with Crippen LogP contribution in [0.5, 0.6) is 5.75 Å². The van der Waals surface area contributed by atoms with Crippen LogP contribution in [0.2, 0.25) is 0 Å². The monoisotopic (exact) mass is 201 g/mol. The van der Waals surface area contributed by atoms with Gasteiger partial charge < -0.3 is 4.74 Å². The summed E-state index contributed by atoms with van der Waals surface area (Å²) in [6, 6.07) is 6.32. The lowest BCUT2D eigenvalue weighted by Crippen LogP contribution is -1.99. The number of hydrogen-bond donors (Lipinski definition) is 0. The van der Waals surface area contributed by atoms with Gasteiger partial charge in [-0.15, -0.1) is 0 Å². The summed E-state index contributed by atoms with van der Waals surface area (Å²) in [5, 5.41) is 0. The Kier molecular flexibility index (Phi) is 2.90. The second-order valence-electron chi connectivity index (χ2n) is 2.55. The highest BCUT2D eigenvalue weighted by Crippen LogP contribution is 2.12. The predicted molar refractivity (Wildman–Crippen MR) is 46.3 cm³/mol. The Hall–Kier alpha value is -1.07. The molecule has 0 heterocycles. The molecule has 0 spiro atoms. The van der Waals surface area contributed by atoms with E-state index < -0.39 is 15.9 Å². The van der Waals surface area contributed by atoms with E-state index in [9.17, 15) is 13.0 Å². The van der Waals surface area contributed by atoms with Crippen molar-refractivity contribution in [1.29, 1.82) is 0 Å². The minimum Gasteiger partial charge on any atom is -0.497 e. The third-order valence-electron chi connectivity index (χ3n) is 1.50. The molecule has 1 radical (unpaired) electrons. The minimum atomic E-state index is -4.19. The first-order valence-corrected chi connectivity index (χ1v) is 5.15. The fourth-order valence-electron chi connectivity index (χ4n) is 0.926. The molecule has 0 saturated heterocycles. The summed E-state index contributed by atoms with van der Waals surface area (Å²) in [5.41, 5.74) is 0.468. The highest BCUT2D eigenvalue weighted by Gasteiger charge is 2.07. The number of methoxy groups -OCH3 is 1. The molecule has 0 aliphatic heterocycles. The maximum atomic E-state index is 10.4. The quantitative estimate of drug-likeness (QED) is 0.731. The van der Waals surface area contributed by atoms with Gasteiger partial charge >= 0.3 is 0 Å². The Morgan fingerprint density at radius 3 is 2.15 bits per heavy atom. The molecule has 0 fully saturated rings. The van der Waals surface area contributed by atoms with Gasteiger partial charge in [0, 0.05) is 0 Å². The summed E-state index contributed by atoms with van der Waals surface area (Å²) < 4.78 is 36.0. The van der Waals surface area contributed by atoms with Gasteiger partial charge in [0.2, 0.25) is 0 Å². The highest BCUT2D eigenvalue weighted by atomic mass is 32.2. The van der Waals surface area contributed by atoms with Gasteiger partial charge in [-0.1, -0.05) is 16.7 Å². The van der Waals surface area contributed by atoms with Gasteiger partial charge in [-0.25, -0.2) is 0 Å². The topological polar surface area (TPSA) is 63.3 Å². The van der Waals surface area contributed by atoms with Crippen molar-refractivity contribution in [3.05, 3.63) is 29.8 Å². The molecule has 1 rings (SSSR count). The van der Waals surface area contributed by atoms with E-state index in [2.05, 4.69) is 0 Å². The zero-order valence-electron chi connectivity index (χ0n) is 7.06. The molecule has 0 aliphatic rings. The highest BCUT2D eigenvalue weighted by molar-refractivity contribution is 7.84. The van der Waals surface area contributed by atoms with Crippen LogP contribution in [0.25, 0.3) is 0 Å². The molecule has 0 N–H and O–H groups in total. The molecule has 0 saturated carbocycles. The second-order valence-corrected chi connectivity index (χ2v) is 3.95. The molecule has 0 aromatic heterocycles. The Morgan fingerprint density at radius 2 is 1.77 bits per heavy atom. The van der Waals surface area contributed by atoms with Crippen molar-refractivity contribution in [3.63, 3.8) is 0 Å². The molecular weight excluding hydrogens is 192 g/mol. The van der Waals surface area contributed by atoms with Crippen molar-refractivity contribution < 1.29 is 17.7 Å². The van der Waals surface area contributed by atoms with E-state index in [0.29, 0.717) is 11.3 Å². The van der Waals surface area contributed by atoms with Crippen molar-refractivity contribution in [3.8, 4) is 5.75 Å². The smallest absolute Gasteiger partial charge is 0.298 e. The summed E-state index contributed by atoms with van der Waals surface area (Å²) in [5.74, 6) is 0.156. The summed E-state index contributed by atoms with van der Waals surface area (Å²) in [7, 11) is -2.67. The van der Waals surface area contributed by atoms with Gasteiger partial charge in [0.1, 0.15) is 11.5 Å². The summed E-state index contributed by atoms with van der Waals surface area (Å²) in [6.07, 6.45) is 0. The van der Waals surface area contributed by atoms with E-state index in [1.165, 1.54) is 7.11 Å². The predicted octanol–water partition coefficient (Wildman–Crippen LogP) is 0.956. The molecular formula is C8H9O4S. The molecule has 5 heteroatoms. The maximum Gasteiger partial charge on any atom is 0.298 e. The first-order chi connectivity index (χ1) is 6.01. The van der Waals surface area contributed by atoms with E-state index in [-0.39, 0.29) is 0 Å². The van der Waals surface area contributed by atoms with Crippen molar-refractivity contribution in [1.82, 2.24) is 0 Å². The molecule has 0 atom stereocenters. The Labute approximate surface area is 76.9 Å². The van der Waals surface area contributed by atoms with Crippen LogP contribution in [0.15, 0.2) is 24.3 Å². The van der Waals surface area contributed by atoms with Crippen molar-refractivity contribution in [2.45, 2.75) is 5.75 Å². The van der Waals surface area contributed by atoms with E-state index in [0.717, 1.165) is 0 Å². The molecule has 4 nitrogen and oxygen atoms in total. The van der Waals surface area contributed by atoms with Crippen LogP contribution in [-0.4, -0.2) is 15.5 Å². The third kappa shape index (κ3) is 3.43. The lowest BCUT2D eigenvalue weighted by atomic mass is 10.2. The zero-order valence-corrected chi connectivity index (χ0v) is 7.87. The fourth-order valence-corrected chi connectivity index (χ4v) is 1.53. The largest absolute Gasteiger partial charge is 0.497 e. The van der Waals surface area contributed by atoms with Crippen molar-refractivity contribution in [2.24, 2.45) is 0 Å². The lowest BCUT2D eigenvalue weighted by Gasteiger charge is -2.00. The molecule has 71 valence electrons. The van der Waals surface area contributed by atoms with E-state index >= 15 is 0 Å². The average molecular weight is 201 g/mol. The van der Waals surface area contributed by atoms with Crippen LogP contribution in [0, 0.1) is 0 Å². The standard InChI is InChI=1S/C8H9O4S/c1-12-8-4-2-7(3-5-8)6-13(9,10)11/h2-5H,6H2,1H3. The van der Waals surface area contributed by atoms with E-state index in [1.54, 1.807) is 24.3 Å². The molecule has 13 heavy (non-hydrogen) atoms. The number of ether oxygens (including phenoxy) is 1. The second kappa shape index (κ2) is 3.76. The molecule has 1 aromatic carbocycles. The number of benzene rings is 1. The molecule has 0 bridgehead atoms. The third-order valence-corrected chi connectivity index (χ3v) is 2.19. The first-order valence-electron chi connectivity index (χ1n) is 3.58. The lowest BCUT2D eigenvalue weighted by molar-refractivity contribution is 0.411. The molecule has 0 unspecified atom stereocenters. The maximum absolute atomic E-state index is 10.4. The minimum absolute atomic E-state index is 0.468. The van der Waals surface area contributed by atoms with E-state index in [4.69, 9.17) is 4.74 Å². The normalized spacial score (nSPS) is 11.2. The van der Waals surface area contributed by atoms with Crippen LogP contribution in [0.4, 0.5) is 0 Å². The summed E-state index contributed by atoms with van der Waals surface area (Å²) in [6.45, 7) is 0. The molecule has 0 aliphatic carbocycles. The van der Waals surface area contributed by atoms with Gasteiger partial charge in [-0.2, -0.15) is 8.42 Å². The van der Waals surface area contributed by atoms with Crippen LogP contribution < -0.4 is 4.74 Å². The Morgan fingerprint density at radius 1 is 1.23 bits per heavy atom. The Balaban J connectivity index is 2.81. The number of hydrogen-bond acceptors (Lipinski definition) is 3. The van der Waals surface area contributed by atoms with Gasteiger partial charge in [0.05, 0.1) is 7.11 Å². The molecule has 0 amide bonds. The van der Waals surface area contributed by atoms with Crippen LogP contribution in [0.1, 0.15) is 5.56 Å².